The summed E-state index contributed by atoms with van der Waals surface area (Å²) in [6.45, 7) is 1.96. The molecule has 64 valence electrons. The van der Waals surface area contributed by atoms with Gasteiger partial charge in [-0.15, -0.1) is 0 Å². The first-order valence-corrected chi connectivity index (χ1v) is 3.69. The third-order valence-corrected chi connectivity index (χ3v) is 1.90. The van der Waals surface area contributed by atoms with Crippen molar-refractivity contribution in [3.63, 3.8) is 0 Å². The zero-order valence-corrected chi connectivity index (χ0v) is 7.89. The molecule has 0 saturated heterocycles. The maximum Gasteiger partial charge on any atom is 0.198 e. The second-order valence-electron chi connectivity index (χ2n) is 2.44. The molecule has 0 aliphatic carbocycles. The normalized spacial score (nSPS) is 25.2. The quantitative estimate of drug-likeness (QED) is 0.415. The third-order valence-electron chi connectivity index (χ3n) is 1.69. The molecular weight excluding hydrogens is 197 g/mol. The fourth-order valence-electron chi connectivity index (χ4n) is 1.09. The smallest absolute Gasteiger partial charge is 0.198 e. The van der Waals surface area contributed by atoms with Crippen LogP contribution in [0.5, 0.6) is 0 Å². The highest BCUT2D eigenvalue weighted by atomic mass is 35.5. The van der Waals surface area contributed by atoms with Gasteiger partial charge in [-0.05, 0) is 6.92 Å². The molecule has 0 aromatic carbocycles. The van der Waals surface area contributed by atoms with E-state index in [9.17, 15) is 0 Å². The Morgan fingerprint density at radius 3 is 2.92 bits per heavy atom. The van der Waals surface area contributed by atoms with Gasteiger partial charge < -0.3 is 12.4 Å². The van der Waals surface area contributed by atoms with Gasteiger partial charge in [-0.25, -0.2) is 14.9 Å². The Kier molecular flexibility index (Phi) is 2.67. The minimum Gasteiger partial charge on any atom is -1.00 e. The minimum atomic E-state index is 0. The predicted octanol–water partition coefficient (Wildman–Crippen LogP) is -2.73. The van der Waals surface area contributed by atoms with Crippen LogP contribution in [0.4, 0.5) is 0 Å². The Balaban J connectivity index is 0.000000720. The molecule has 0 fully saturated rings. The molecule has 2 aliphatic rings. The molecule has 1 atom stereocenters. The number of hydrogen-bond donors (Lipinski definition) is 1. The summed E-state index contributed by atoms with van der Waals surface area (Å²) < 4.78 is 0. The Labute approximate surface area is 81.5 Å². The van der Waals surface area contributed by atoms with E-state index in [2.05, 4.69) is 9.98 Å². The van der Waals surface area contributed by atoms with Gasteiger partial charge in [0, 0.05) is 0 Å². The molecule has 5 heteroatoms. The Bertz CT molecular complexity index is 315. The topological polar surface area (TPSA) is 29.2 Å². The van der Waals surface area contributed by atoms with Crippen LogP contribution < -0.4 is 17.3 Å². The molecule has 2 rings (SSSR count). The van der Waals surface area contributed by atoms with E-state index in [4.69, 9.17) is 11.6 Å². The van der Waals surface area contributed by atoms with Gasteiger partial charge in [0.1, 0.15) is 11.9 Å². The number of rotatable bonds is 0. The number of allylic oxidation sites excluding steroid dienone is 2. The van der Waals surface area contributed by atoms with Crippen molar-refractivity contribution in [3.8, 4) is 0 Å². The first-order chi connectivity index (χ1) is 5.27. The van der Waals surface area contributed by atoms with Crippen molar-refractivity contribution in [2.75, 3.05) is 0 Å². The fraction of sp³-hybridized carbons (Fsp3) is 0.143. The van der Waals surface area contributed by atoms with Crippen LogP contribution in [0.3, 0.4) is 0 Å². The number of nitrogens with zero attached hydrogens (tertiary/aromatic N) is 2. The molecule has 1 N–H and O–H groups in total. The number of halogens is 2. The van der Waals surface area contributed by atoms with E-state index in [0.29, 0.717) is 5.16 Å². The molecule has 0 aromatic heterocycles. The van der Waals surface area contributed by atoms with Crippen molar-refractivity contribution in [1.82, 2.24) is 0 Å². The maximum atomic E-state index is 5.69. The van der Waals surface area contributed by atoms with Crippen molar-refractivity contribution in [1.29, 1.82) is 0 Å². The Hall–Kier alpha value is -0.640. The van der Waals surface area contributed by atoms with E-state index in [1.165, 1.54) is 0 Å². The summed E-state index contributed by atoms with van der Waals surface area (Å²) in [5, 5.41) is 0.518. The van der Waals surface area contributed by atoms with Gasteiger partial charge in [-0.3, -0.25) is 0 Å². The van der Waals surface area contributed by atoms with Crippen LogP contribution in [-0.4, -0.2) is 12.6 Å². The van der Waals surface area contributed by atoms with Crippen LogP contribution >= 0.6 is 11.6 Å². The van der Waals surface area contributed by atoms with Crippen LogP contribution in [0, 0.1) is 0 Å². The monoisotopic (exact) mass is 203 g/mol. The van der Waals surface area contributed by atoms with E-state index >= 15 is 0 Å². The van der Waals surface area contributed by atoms with Gasteiger partial charge in [0.2, 0.25) is 0 Å². The summed E-state index contributed by atoms with van der Waals surface area (Å²) in [4.78, 5) is 9.16. The number of aliphatic imine (C=N–C) groups is 2. The van der Waals surface area contributed by atoms with Crippen molar-refractivity contribution < 1.29 is 17.3 Å². The molecule has 0 saturated carbocycles. The first kappa shape index (κ1) is 9.45. The molecule has 0 aromatic rings. The molecule has 0 amide bonds. The summed E-state index contributed by atoms with van der Waals surface area (Å²) in [5.41, 5.74) is 2.08. The molecule has 0 radical (unpaired) electrons. The lowest BCUT2D eigenvalue weighted by atomic mass is 10.3. The average Bonchev–Trinajstić information content (AvgIpc) is 2.32. The van der Waals surface area contributed by atoms with Gasteiger partial charge in [0.25, 0.3) is 0 Å². The lowest BCUT2D eigenvalue weighted by molar-refractivity contribution is -0.682. The summed E-state index contributed by atoms with van der Waals surface area (Å²) in [5.74, 6) is 0. The van der Waals surface area contributed by atoms with Gasteiger partial charge in [-0.2, -0.15) is 0 Å². The molecule has 12 heavy (non-hydrogen) atoms. The van der Waals surface area contributed by atoms with Crippen LogP contribution in [0.2, 0.25) is 0 Å². The zero-order chi connectivity index (χ0) is 7.84. The number of fused-ring (bicyclic) bond motifs is 1. The predicted molar refractivity (Wildman–Crippen MR) is 44.6 cm³/mol. The van der Waals surface area contributed by atoms with E-state index in [0.717, 1.165) is 16.3 Å². The average molecular weight is 204 g/mol. The zero-order valence-electron chi connectivity index (χ0n) is 6.38. The van der Waals surface area contributed by atoms with Crippen molar-refractivity contribution >= 4 is 24.2 Å². The molecule has 3 nitrogen and oxygen atoms in total. The molecular formula is C7H7Cl2N3. The molecule has 0 spiro atoms. The fourth-order valence-corrected chi connectivity index (χ4v) is 1.26. The second-order valence-corrected chi connectivity index (χ2v) is 2.83. The summed E-state index contributed by atoms with van der Waals surface area (Å²) >= 11 is 5.69. The van der Waals surface area contributed by atoms with Crippen molar-refractivity contribution in [2.45, 2.75) is 6.92 Å². The van der Waals surface area contributed by atoms with Gasteiger partial charge >= 0.3 is 0 Å². The highest BCUT2D eigenvalue weighted by Gasteiger charge is 2.22. The highest BCUT2D eigenvalue weighted by molar-refractivity contribution is 6.29. The standard InChI is InChI=1S/C7H6ClN3.ClH/c1-5-6-2-9-7(8)3-11(6)4-10-5;/h2-4H,1H3;1H. The SMILES string of the molecule is CC1=C2C=NC(Cl)=C[NH+]2C=N1.[Cl-]. The van der Waals surface area contributed by atoms with Crippen LogP contribution in [0.1, 0.15) is 6.92 Å². The van der Waals surface area contributed by atoms with Crippen LogP contribution in [0.25, 0.3) is 0 Å². The highest BCUT2D eigenvalue weighted by Crippen LogP contribution is 2.08. The first-order valence-electron chi connectivity index (χ1n) is 3.31. The van der Waals surface area contributed by atoms with Crippen molar-refractivity contribution in [3.05, 3.63) is 22.8 Å². The lowest BCUT2D eigenvalue weighted by Gasteiger charge is -2.07. The maximum absolute atomic E-state index is 5.69. The van der Waals surface area contributed by atoms with E-state index in [1.807, 2.05) is 13.1 Å². The third kappa shape index (κ3) is 1.43. The molecule has 2 aliphatic heterocycles. The largest absolute Gasteiger partial charge is 1.00 e. The second kappa shape index (κ2) is 3.39. The number of quaternary nitrogens is 1. The van der Waals surface area contributed by atoms with Crippen molar-refractivity contribution in [2.24, 2.45) is 9.98 Å². The Morgan fingerprint density at radius 2 is 2.17 bits per heavy atom. The lowest BCUT2D eigenvalue weighted by Crippen LogP contribution is -3.04. The molecule has 0 bridgehead atoms. The molecule has 2 heterocycles. The van der Waals surface area contributed by atoms with Gasteiger partial charge in [0.15, 0.2) is 17.2 Å². The summed E-state index contributed by atoms with van der Waals surface area (Å²) in [6, 6.07) is 0. The van der Waals surface area contributed by atoms with E-state index in [-0.39, 0.29) is 12.4 Å². The van der Waals surface area contributed by atoms with E-state index in [1.54, 1.807) is 12.6 Å². The number of nitrogens with one attached hydrogen (secondary N) is 1. The van der Waals surface area contributed by atoms with Gasteiger partial charge in [0.05, 0.1) is 6.21 Å². The van der Waals surface area contributed by atoms with Crippen LogP contribution in [0.15, 0.2) is 32.7 Å². The Morgan fingerprint density at radius 1 is 1.42 bits per heavy atom. The van der Waals surface area contributed by atoms with E-state index < -0.39 is 0 Å². The number of hydrogen-bond acceptors (Lipinski definition) is 2. The van der Waals surface area contributed by atoms with Crippen LogP contribution in [-0.2, 0) is 0 Å². The minimum absolute atomic E-state index is 0. The van der Waals surface area contributed by atoms with Gasteiger partial charge in [-0.1, -0.05) is 11.6 Å². The summed E-state index contributed by atoms with van der Waals surface area (Å²) in [6.07, 6.45) is 5.37. The summed E-state index contributed by atoms with van der Waals surface area (Å²) in [7, 11) is 0. The molecule has 1 unspecified atom stereocenters.